The molecule has 0 aromatic carbocycles. The minimum atomic E-state index is -0.537. The van der Waals surface area contributed by atoms with Crippen molar-refractivity contribution < 1.29 is 4.74 Å². The zero-order valence-corrected chi connectivity index (χ0v) is 14.6. The second kappa shape index (κ2) is 5.10. The zero-order chi connectivity index (χ0) is 15.2. The van der Waals surface area contributed by atoms with E-state index in [1.54, 1.807) is 23.0 Å². The van der Waals surface area contributed by atoms with Crippen LogP contribution in [0.5, 0.6) is 5.88 Å². The molecular weight excluding hydrogens is 400 g/mol. The summed E-state index contributed by atoms with van der Waals surface area (Å²) in [5, 5.41) is 0. The Morgan fingerprint density at radius 2 is 2.10 bits per heavy atom. The molecule has 0 spiro atoms. The van der Waals surface area contributed by atoms with Gasteiger partial charge in [-0.2, -0.15) is 0 Å². The van der Waals surface area contributed by atoms with Gasteiger partial charge in [-0.15, -0.1) is 0 Å². The summed E-state index contributed by atoms with van der Waals surface area (Å²) in [6.45, 7) is 3.87. The summed E-state index contributed by atoms with van der Waals surface area (Å²) in [4.78, 5) is 16.7. The fraction of sp³-hybridized carbons (Fsp3) is 0.200. The smallest absolute Gasteiger partial charge is 0.269 e. The van der Waals surface area contributed by atoms with Crippen LogP contribution in [0.15, 0.2) is 50.4 Å². The SMILES string of the molecule is CC1(C)C=C(n2cc(Br)cc(Br)c2=O)c2cccnc2O1. The van der Waals surface area contributed by atoms with Gasteiger partial charge in [0.05, 0.1) is 15.7 Å². The van der Waals surface area contributed by atoms with Crippen molar-refractivity contribution in [2.75, 3.05) is 0 Å². The zero-order valence-electron chi connectivity index (χ0n) is 11.4. The summed E-state index contributed by atoms with van der Waals surface area (Å²) in [6, 6.07) is 5.45. The second-order valence-corrected chi connectivity index (χ2v) is 7.04. The van der Waals surface area contributed by atoms with E-state index in [4.69, 9.17) is 4.74 Å². The Labute approximate surface area is 138 Å². The summed E-state index contributed by atoms with van der Waals surface area (Å²) in [6.07, 6.45) is 5.35. The van der Waals surface area contributed by atoms with Gasteiger partial charge in [0.25, 0.3) is 5.56 Å². The fourth-order valence-electron chi connectivity index (χ4n) is 2.25. The van der Waals surface area contributed by atoms with E-state index in [0.717, 1.165) is 15.7 Å². The van der Waals surface area contributed by atoms with Crippen molar-refractivity contribution in [1.29, 1.82) is 0 Å². The first-order valence-electron chi connectivity index (χ1n) is 6.33. The van der Waals surface area contributed by atoms with Gasteiger partial charge in [0.1, 0.15) is 5.60 Å². The van der Waals surface area contributed by atoms with Gasteiger partial charge in [-0.25, -0.2) is 4.98 Å². The van der Waals surface area contributed by atoms with Crippen molar-refractivity contribution in [1.82, 2.24) is 9.55 Å². The first-order chi connectivity index (χ1) is 9.87. The number of aromatic nitrogens is 2. The summed E-state index contributed by atoms with van der Waals surface area (Å²) in [5.41, 5.74) is 0.896. The third-order valence-electron chi connectivity index (χ3n) is 3.09. The Kier molecular flexibility index (Phi) is 3.53. The first-order valence-corrected chi connectivity index (χ1v) is 7.91. The normalized spacial score (nSPS) is 15.9. The molecule has 4 nitrogen and oxygen atoms in total. The molecule has 3 heterocycles. The lowest BCUT2D eigenvalue weighted by Gasteiger charge is -2.30. The van der Waals surface area contributed by atoms with Crippen molar-refractivity contribution in [2.24, 2.45) is 0 Å². The van der Waals surface area contributed by atoms with Crippen LogP contribution in [0.25, 0.3) is 5.70 Å². The molecule has 1 aliphatic rings. The molecule has 108 valence electrons. The van der Waals surface area contributed by atoms with Gasteiger partial charge in [0, 0.05) is 16.9 Å². The monoisotopic (exact) mass is 410 g/mol. The Bertz CT molecular complexity index is 810. The van der Waals surface area contributed by atoms with E-state index < -0.39 is 5.60 Å². The Morgan fingerprint density at radius 3 is 2.86 bits per heavy atom. The molecule has 0 unspecified atom stereocenters. The molecule has 2 aromatic heterocycles. The molecule has 0 amide bonds. The van der Waals surface area contributed by atoms with E-state index in [9.17, 15) is 4.79 Å². The third kappa shape index (κ3) is 2.70. The molecular formula is C15H12Br2N2O2. The molecule has 3 rings (SSSR count). The van der Waals surface area contributed by atoms with Crippen LogP contribution >= 0.6 is 31.9 Å². The van der Waals surface area contributed by atoms with Crippen molar-refractivity contribution in [3.63, 3.8) is 0 Å². The van der Waals surface area contributed by atoms with Crippen LogP contribution in [-0.2, 0) is 0 Å². The average Bonchev–Trinajstić information content (AvgIpc) is 2.41. The van der Waals surface area contributed by atoms with Gasteiger partial charge in [-0.3, -0.25) is 9.36 Å². The highest BCUT2D eigenvalue weighted by molar-refractivity contribution is 9.11. The highest BCUT2D eigenvalue weighted by Gasteiger charge is 2.28. The lowest BCUT2D eigenvalue weighted by Crippen LogP contribution is -2.32. The lowest BCUT2D eigenvalue weighted by atomic mass is 10.0. The molecule has 6 heteroatoms. The van der Waals surface area contributed by atoms with E-state index >= 15 is 0 Å². The van der Waals surface area contributed by atoms with E-state index in [-0.39, 0.29) is 5.56 Å². The fourth-order valence-corrected chi connectivity index (χ4v) is 3.43. The second-order valence-electron chi connectivity index (χ2n) is 5.27. The molecule has 0 fully saturated rings. The van der Waals surface area contributed by atoms with Gasteiger partial charge in [-0.05, 0) is 70.0 Å². The standard InChI is InChI=1S/C15H12Br2N2O2/c1-15(2)7-12(10-4-3-5-18-13(10)21-15)19-8-9(16)6-11(17)14(19)20/h3-8H,1-2H3. The Balaban J connectivity index is 2.30. The molecule has 0 N–H and O–H groups in total. The van der Waals surface area contributed by atoms with Crippen LogP contribution in [0.4, 0.5) is 0 Å². The van der Waals surface area contributed by atoms with Crippen LogP contribution < -0.4 is 10.3 Å². The summed E-state index contributed by atoms with van der Waals surface area (Å²) in [5.74, 6) is 0.531. The number of pyridine rings is 2. The van der Waals surface area contributed by atoms with Crippen LogP contribution in [0, 0.1) is 0 Å². The molecule has 0 saturated heterocycles. The molecule has 0 radical (unpaired) electrons. The summed E-state index contributed by atoms with van der Waals surface area (Å²) < 4.78 is 8.74. The number of hydrogen-bond donors (Lipinski definition) is 0. The van der Waals surface area contributed by atoms with Gasteiger partial charge in [-0.1, -0.05) is 0 Å². The van der Waals surface area contributed by atoms with Crippen molar-refractivity contribution >= 4 is 37.6 Å². The molecule has 0 atom stereocenters. The quantitative estimate of drug-likeness (QED) is 0.716. The maximum absolute atomic E-state index is 12.4. The van der Waals surface area contributed by atoms with Crippen LogP contribution in [0.1, 0.15) is 19.4 Å². The van der Waals surface area contributed by atoms with Gasteiger partial charge < -0.3 is 4.74 Å². The number of halogens is 2. The lowest BCUT2D eigenvalue weighted by molar-refractivity contribution is 0.149. The molecule has 0 bridgehead atoms. The number of nitrogens with zero attached hydrogens (tertiary/aromatic N) is 2. The minimum Gasteiger partial charge on any atom is -0.467 e. The topological polar surface area (TPSA) is 44.1 Å². The van der Waals surface area contributed by atoms with E-state index in [2.05, 4.69) is 36.8 Å². The Morgan fingerprint density at radius 1 is 1.33 bits per heavy atom. The van der Waals surface area contributed by atoms with Crippen molar-refractivity contribution in [3.8, 4) is 5.88 Å². The van der Waals surface area contributed by atoms with Crippen molar-refractivity contribution in [2.45, 2.75) is 19.4 Å². The number of rotatable bonds is 1. The summed E-state index contributed by atoms with van der Waals surface area (Å²) >= 11 is 6.71. The minimum absolute atomic E-state index is 0.128. The van der Waals surface area contributed by atoms with Gasteiger partial charge in [0.15, 0.2) is 0 Å². The predicted octanol–water partition coefficient (Wildman–Crippen LogP) is 3.83. The molecule has 1 aliphatic heterocycles. The summed E-state index contributed by atoms with van der Waals surface area (Å²) in [7, 11) is 0. The highest BCUT2D eigenvalue weighted by Crippen LogP contribution is 2.34. The van der Waals surface area contributed by atoms with Crippen molar-refractivity contribution in [3.05, 3.63) is 61.5 Å². The van der Waals surface area contributed by atoms with Crippen LogP contribution in [0.3, 0.4) is 0 Å². The number of ether oxygens (including phenoxy) is 1. The average molecular weight is 412 g/mol. The molecule has 2 aromatic rings. The maximum Gasteiger partial charge on any atom is 0.269 e. The Hall–Kier alpha value is -1.40. The van der Waals surface area contributed by atoms with Gasteiger partial charge >= 0.3 is 0 Å². The predicted molar refractivity (Wildman–Crippen MR) is 88.4 cm³/mol. The van der Waals surface area contributed by atoms with Crippen LogP contribution in [-0.4, -0.2) is 15.2 Å². The largest absolute Gasteiger partial charge is 0.467 e. The van der Waals surface area contributed by atoms with Crippen LogP contribution in [0.2, 0.25) is 0 Å². The first kappa shape index (κ1) is 14.5. The molecule has 0 saturated carbocycles. The number of fused-ring (bicyclic) bond motifs is 1. The molecule has 21 heavy (non-hydrogen) atoms. The number of hydrogen-bond acceptors (Lipinski definition) is 3. The van der Waals surface area contributed by atoms with E-state index in [1.165, 1.54) is 0 Å². The highest BCUT2D eigenvalue weighted by atomic mass is 79.9. The van der Waals surface area contributed by atoms with E-state index in [0.29, 0.717) is 10.4 Å². The van der Waals surface area contributed by atoms with E-state index in [1.807, 2.05) is 32.1 Å². The molecule has 0 aliphatic carbocycles. The van der Waals surface area contributed by atoms with Gasteiger partial charge in [0.2, 0.25) is 5.88 Å². The third-order valence-corrected chi connectivity index (χ3v) is 4.09. The maximum atomic E-state index is 12.4.